The second-order valence-corrected chi connectivity index (χ2v) is 2.80. The Hall–Kier alpha value is -1.15. The van der Waals surface area contributed by atoms with Crippen molar-refractivity contribution in [2.24, 2.45) is 0 Å². The van der Waals surface area contributed by atoms with E-state index in [1.54, 1.807) is 24.4 Å². The Labute approximate surface area is 68.4 Å². The van der Waals surface area contributed by atoms with Crippen molar-refractivity contribution in [1.29, 1.82) is 0 Å². The zero-order valence-electron chi connectivity index (χ0n) is 5.63. The maximum Gasteiger partial charge on any atom is 0.140 e. The molecule has 3 heteroatoms. The van der Waals surface area contributed by atoms with E-state index in [9.17, 15) is 5.11 Å². The summed E-state index contributed by atoms with van der Waals surface area (Å²) in [5.41, 5.74) is 0.856. The van der Waals surface area contributed by atoms with Gasteiger partial charge < -0.3 is 10.1 Å². The molecule has 0 fully saturated rings. The summed E-state index contributed by atoms with van der Waals surface area (Å²) < 4.78 is 0. The largest absolute Gasteiger partial charge is 0.506 e. The van der Waals surface area contributed by atoms with Crippen LogP contribution in [-0.2, 0) is 0 Å². The van der Waals surface area contributed by atoms with Crippen LogP contribution in [-0.4, -0.2) is 10.1 Å². The molecule has 0 atom stereocenters. The van der Waals surface area contributed by atoms with E-state index in [2.05, 4.69) is 4.98 Å². The molecule has 0 saturated heterocycles. The second kappa shape index (κ2) is 2.17. The quantitative estimate of drug-likeness (QED) is 0.622. The Balaban J connectivity index is 2.86. The molecule has 1 aromatic carbocycles. The zero-order chi connectivity index (χ0) is 7.84. The number of halogens is 1. The highest BCUT2D eigenvalue weighted by molar-refractivity contribution is 6.31. The number of benzene rings is 1. The molecule has 0 aliphatic heterocycles. The highest BCUT2D eigenvalue weighted by Gasteiger charge is 2.00. The lowest BCUT2D eigenvalue weighted by atomic mass is 10.2. The van der Waals surface area contributed by atoms with E-state index < -0.39 is 0 Å². The van der Waals surface area contributed by atoms with Gasteiger partial charge in [-0.15, -0.1) is 0 Å². The molecule has 0 aliphatic carbocycles. The van der Waals surface area contributed by atoms with E-state index in [1.165, 1.54) is 0 Å². The summed E-state index contributed by atoms with van der Waals surface area (Å²) in [6.45, 7) is 0. The molecule has 2 N–H and O–H groups in total. The molecule has 0 bridgehead atoms. The molecule has 0 aliphatic rings. The first-order valence-corrected chi connectivity index (χ1v) is 3.61. The summed E-state index contributed by atoms with van der Waals surface area (Å²) >= 11 is 5.73. The number of aromatic nitrogens is 1. The van der Waals surface area contributed by atoms with Gasteiger partial charge in [-0.1, -0.05) is 11.6 Å². The van der Waals surface area contributed by atoms with Gasteiger partial charge in [-0.25, -0.2) is 0 Å². The van der Waals surface area contributed by atoms with Gasteiger partial charge in [0, 0.05) is 16.6 Å². The SMILES string of the molecule is Oc1c[nH]c2cc(Cl)ccc12. The molecule has 2 nitrogen and oxygen atoms in total. The fourth-order valence-electron chi connectivity index (χ4n) is 1.08. The van der Waals surface area contributed by atoms with Crippen molar-refractivity contribution < 1.29 is 5.11 Å². The lowest BCUT2D eigenvalue weighted by Gasteiger charge is -1.90. The van der Waals surface area contributed by atoms with Crippen molar-refractivity contribution >= 4 is 22.5 Å². The molecule has 11 heavy (non-hydrogen) atoms. The standard InChI is InChI=1S/C8H6ClNO/c9-5-1-2-6-7(3-5)10-4-8(6)11/h1-4,10-11H. The molecule has 56 valence electrons. The van der Waals surface area contributed by atoms with Gasteiger partial charge in [0.05, 0.1) is 5.52 Å². The molecule has 2 rings (SSSR count). The smallest absolute Gasteiger partial charge is 0.140 e. The van der Waals surface area contributed by atoms with Gasteiger partial charge in [0.25, 0.3) is 0 Å². The Morgan fingerprint density at radius 3 is 3.00 bits per heavy atom. The number of hydrogen-bond acceptors (Lipinski definition) is 1. The fraction of sp³-hybridized carbons (Fsp3) is 0. The summed E-state index contributed by atoms with van der Waals surface area (Å²) in [5, 5.41) is 10.7. The van der Waals surface area contributed by atoms with Gasteiger partial charge in [-0.3, -0.25) is 0 Å². The fourth-order valence-corrected chi connectivity index (χ4v) is 1.26. The summed E-state index contributed by atoms with van der Waals surface area (Å²) in [6.07, 6.45) is 1.54. The maximum atomic E-state index is 9.23. The molecule has 0 saturated carbocycles. The first-order valence-electron chi connectivity index (χ1n) is 3.23. The van der Waals surface area contributed by atoms with Crippen LogP contribution in [0.1, 0.15) is 0 Å². The number of aromatic amines is 1. The van der Waals surface area contributed by atoms with Crippen LogP contribution in [0.4, 0.5) is 0 Å². The number of nitrogens with one attached hydrogen (secondary N) is 1. The van der Waals surface area contributed by atoms with Crippen molar-refractivity contribution in [3.8, 4) is 5.75 Å². The second-order valence-electron chi connectivity index (χ2n) is 2.36. The molecule has 1 heterocycles. The Kier molecular flexibility index (Phi) is 1.29. The topological polar surface area (TPSA) is 36.0 Å². The van der Waals surface area contributed by atoms with Crippen molar-refractivity contribution in [3.05, 3.63) is 29.4 Å². The van der Waals surface area contributed by atoms with Crippen LogP contribution in [0.2, 0.25) is 5.02 Å². The number of aromatic hydroxyl groups is 1. The maximum absolute atomic E-state index is 9.23. The number of fused-ring (bicyclic) bond motifs is 1. The van der Waals surface area contributed by atoms with E-state index in [0.29, 0.717) is 5.02 Å². The number of rotatable bonds is 0. The summed E-state index contributed by atoms with van der Waals surface area (Å²) in [5.74, 6) is 0.261. The van der Waals surface area contributed by atoms with Crippen LogP contribution in [0.15, 0.2) is 24.4 Å². The Bertz CT molecular complexity index is 394. The van der Waals surface area contributed by atoms with Crippen LogP contribution >= 0.6 is 11.6 Å². The molecule has 0 unspecified atom stereocenters. The minimum absolute atomic E-state index is 0.261. The Morgan fingerprint density at radius 1 is 1.36 bits per heavy atom. The van der Waals surface area contributed by atoms with Gasteiger partial charge >= 0.3 is 0 Å². The number of hydrogen-bond donors (Lipinski definition) is 2. The minimum atomic E-state index is 0.261. The summed E-state index contributed by atoms with van der Waals surface area (Å²) in [7, 11) is 0. The van der Waals surface area contributed by atoms with Gasteiger partial charge in [0.1, 0.15) is 5.75 Å². The molecular weight excluding hydrogens is 162 g/mol. The highest BCUT2D eigenvalue weighted by atomic mass is 35.5. The monoisotopic (exact) mass is 167 g/mol. The van der Waals surface area contributed by atoms with Crippen LogP contribution < -0.4 is 0 Å². The van der Waals surface area contributed by atoms with Crippen LogP contribution in [0.25, 0.3) is 10.9 Å². The molecule has 2 aromatic rings. The third-order valence-corrected chi connectivity index (χ3v) is 1.86. The van der Waals surface area contributed by atoms with Gasteiger partial charge in [0.2, 0.25) is 0 Å². The highest BCUT2D eigenvalue weighted by Crippen LogP contribution is 2.25. The van der Waals surface area contributed by atoms with Crippen molar-refractivity contribution in [1.82, 2.24) is 4.98 Å². The normalized spacial score (nSPS) is 10.6. The van der Waals surface area contributed by atoms with E-state index in [0.717, 1.165) is 10.9 Å². The van der Waals surface area contributed by atoms with E-state index in [4.69, 9.17) is 11.6 Å². The predicted molar refractivity (Wildman–Crippen MR) is 45.0 cm³/mol. The average molecular weight is 168 g/mol. The van der Waals surface area contributed by atoms with E-state index >= 15 is 0 Å². The van der Waals surface area contributed by atoms with Crippen molar-refractivity contribution in [2.45, 2.75) is 0 Å². The third-order valence-electron chi connectivity index (χ3n) is 1.62. The van der Waals surface area contributed by atoms with Crippen molar-refractivity contribution in [3.63, 3.8) is 0 Å². The minimum Gasteiger partial charge on any atom is -0.506 e. The average Bonchev–Trinajstić information content (AvgIpc) is 2.32. The lowest BCUT2D eigenvalue weighted by molar-refractivity contribution is 0.481. The van der Waals surface area contributed by atoms with E-state index in [1.807, 2.05) is 0 Å². The first-order chi connectivity index (χ1) is 5.27. The lowest BCUT2D eigenvalue weighted by Crippen LogP contribution is -1.66. The summed E-state index contributed by atoms with van der Waals surface area (Å²) in [4.78, 5) is 2.89. The van der Waals surface area contributed by atoms with Crippen LogP contribution in [0.5, 0.6) is 5.75 Å². The number of H-pyrrole nitrogens is 1. The summed E-state index contributed by atoms with van der Waals surface area (Å²) in [6, 6.07) is 5.30. The Morgan fingerprint density at radius 2 is 2.18 bits per heavy atom. The van der Waals surface area contributed by atoms with Crippen LogP contribution in [0.3, 0.4) is 0 Å². The van der Waals surface area contributed by atoms with Crippen molar-refractivity contribution in [2.75, 3.05) is 0 Å². The molecule has 0 spiro atoms. The van der Waals surface area contributed by atoms with Gasteiger partial charge in [0.15, 0.2) is 0 Å². The van der Waals surface area contributed by atoms with Gasteiger partial charge in [-0.05, 0) is 18.2 Å². The molecule has 0 radical (unpaired) electrons. The molecular formula is C8H6ClNO. The first kappa shape index (κ1) is 6.55. The zero-order valence-corrected chi connectivity index (χ0v) is 6.39. The van der Waals surface area contributed by atoms with E-state index in [-0.39, 0.29) is 5.75 Å². The van der Waals surface area contributed by atoms with Crippen LogP contribution in [0, 0.1) is 0 Å². The molecule has 1 aromatic heterocycles. The third kappa shape index (κ3) is 0.955. The molecule has 0 amide bonds. The predicted octanol–water partition coefficient (Wildman–Crippen LogP) is 2.53. The van der Waals surface area contributed by atoms with Gasteiger partial charge in [-0.2, -0.15) is 0 Å².